The summed E-state index contributed by atoms with van der Waals surface area (Å²) in [6.07, 6.45) is 1.62. The molecule has 0 bridgehead atoms. The minimum absolute atomic E-state index is 0.214. The molecule has 1 aromatic heterocycles. The molecule has 16 heavy (non-hydrogen) atoms. The zero-order chi connectivity index (χ0) is 11.5. The van der Waals surface area contributed by atoms with Gasteiger partial charge in [0.1, 0.15) is 22.9 Å². The van der Waals surface area contributed by atoms with Crippen molar-refractivity contribution in [1.82, 2.24) is 0 Å². The van der Waals surface area contributed by atoms with E-state index in [4.69, 9.17) is 4.42 Å². The first-order valence-corrected chi connectivity index (χ1v) is 5.38. The molecule has 0 saturated carbocycles. The zero-order valence-electron chi connectivity index (χ0n) is 9.13. The molecule has 0 aliphatic heterocycles. The van der Waals surface area contributed by atoms with E-state index in [-0.39, 0.29) is 11.6 Å². The molecular formula is C13H13FO2. The molecule has 1 heterocycles. The highest BCUT2D eigenvalue weighted by Crippen LogP contribution is 2.21. The molecule has 0 saturated heterocycles. The fraction of sp³-hybridized carbons (Fsp3) is 0.308. The van der Waals surface area contributed by atoms with Crippen molar-refractivity contribution in [2.24, 2.45) is 0 Å². The SMILES string of the molecule is CCC(=O)CCc1cc2cc(F)ccc2o1. The summed E-state index contributed by atoms with van der Waals surface area (Å²) < 4.78 is 18.4. The normalized spacial score (nSPS) is 10.9. The number of carbonyl (C=O) groups is 1. The van der Waals surface area contributed by atoms with Crippen molar-refractivity contribution in [3.63, 3.8) is 0 Å². The first kappa shape index (κ1) is 10.9. The second-order valence-electron chi connectivity index (χ2n) is 3.79. The third-order valence-electron chi connectivity index (χ3n) is 2.57. The van der Waals surface area contributed by atoms with Crippen LogP contribution in [0.2, 0.25) is 0 Å². The van der Waals surface area contributed by atoms with Gasteiger partial charge < -0.3 is 4.42 Å². The lowest BCUT2D eigenvalue weighted by Gasteiger charge is -1.93. The number of furan rings is 1. The molecule has 0 aliphatic rings. The van der Waals surface area contributed by atoms with Crippen LogP contribution in [0.1, 0.15) is 25.5 Å². The van der Waals surface area contributed by atoms with Crippen LogP contribution in [0.5, 0.6) is 0 Å². The lowest BCUT2D eigenvalue weighted by Crippen LogP contribution is -1.96. The first-order chi connectivity index (χ1) is 7.69. The minimum Gasteiger partial charge on any atom is -0.461 e. The van der Waals surface area contributed by atoms with Crippen molar-refractivity contribution in [3.8, 4) is 0 Å². The molecule has 2 rings (SSSR count). The Morgan fingerprint density at radius 2 is 2.19 bits per heavy atom. The Kier molecular flexibility index (Phi) is 3.04. The number of rotatable bonds is 4. The van der Waals surface area contributed by atoms with Crippen LogP contribution in [0.15, 0.2) is 28.7 Å². The van der Waals surface area contributed by atoms with Gasteiger partial charge in [-0.05, 0) is 24.3 Å². The molecule has 84 valence electrons. The second-order valence-corrected chi connectivity index (χ2v) is 3.79. The van der Waals surface area contributed by atoms with Crippen molar-refractivity contribution in [2.45, 2.75) is 26.2 Å². The van der Waals surface area contributed by atoms with Gasteiger partial charge in [0, 0.05) is 24.6 Å². The number of fused-ring (bicyclic) bond motifs is 1. The van der Waals surface area contributed by atoms with Crippen LogP contribution in [0, 0.1) is 5.82 Å². The van der Waals surface area contributed by atoms with Crippen molar-refractivity contribution < 1.29 is 13.6 Å². The van der Waals surface area contributed by atoms with E-state index in [1.807, 2.05) is 6.92 Å². The van der Waals surface area contributed by atoms with Crippen LogP contribution in [0.25, 0.3) is 11.0 Å². The summed E-state index contributed by atoms with van der Waals surface area (Å²) in [7, 11) is 0. The fourth-order valence-electron chi connectivity index (χ4n) is 1.63. The molecule has 1 aromatic carbocycles. The maximum Gasteiger partial charge on any atom is 0.134 e. The zero-order valence-corrected chi connectivity index (χ0v) is 9.13. The minimum atomic E-state index is -0.274. The molecule has 3 heteroatoms. The van der Waals surface area contributed by atoms with Crippen LogP contribution in [-0.2, 0) is 11.2 Å². The van der Waals surface area contributed by atoms with Crippen LogP contribution < -0.4 is 0 Å². The molecule has 0 amide bonds. The molecule has 0 radical (unpaired) electrons. The third-order valence-corrected chi connectivity index (χ3v) is 2.57. The molecule has 0 unspecified atom stereocenters. The third kappa shape index (κ3) is 2.30. The van der Waals surface area contributed by atoms with Gasteiger partial charge >= 0.3 is 0 Å². The smallest absolute Gasteiger partial charge is 0.134 e. The van der Waals surface area contributed by atoms with Crippen LogP contribution >= 0.6 is 0 Å². The summed E-state index contributed by atoms with van der Waals surface area (Å²) >= 11 is 0. The Labute approximate surface area is 93.1 Å². The largest absolute Gasteiger partial charge is 0.461 e. The summed E-state index contributed by atoms with van der Waals surface area (Å²) in [6, 6.07) is 6.20. The molecular weight excluding hydrogens is 207 g/mol. The predicted molar refractivity (Wildman–Crippen MR) is 59.8 cm³/mol. The van der Waals surface area contributed by atoms with Gasteiger partial charge in [0.05, 0.1) is 0 Å². The Bertz CT molecular complexity index is 514. The number of hydrogen-bond acceptors (Lipinski definition) is 2. The summed E-state index contributed by atoms with van der Waals surface area (Å²) in [5.41, 5.74) is 0.667. The van der Waals surface area contributed by atoms with Gasteiger partial charge in [-0.25, -0.2) is 4.39 Å². The highest BCUT2D eigenvalue weighted by Gasteiger charge is 2.06. The number of carbonyl (C=O) groups excluding carboxylic acids is 1. The highest BCUT2D eigenvalue weighted by atomic mass is 19.1. The van der Waals surface area contributed by atoms with Crippen molar-refractivity contribution in [2.75, 3.05) is 0 Å². The van der Waals surface area contributed by atoms with Gasteiger partial charge in [0.2, 0.25) is 0 Å². The van der Waals surface area contributed by atoms with Gasteiger partial charge in [-0.15, -0.1) is 0 Å². The average molecular weight is 220 g/mol. The van der Waals surface area contributed by atoms with Crippen LogP contribution in [0.4, 0.5) is 4.39 Å². The number of Topliss-reactive ketones (excluding diaryl/α,β-unsaturated/α-hetero) is 1. The molecule has 0 spiro atoms. The molecule has 0 aliphatic carbocycles. The lowest BCUT2D eigenvalue weighted by molar-refractivity contribution is -0.118. The van der Waals surface area contributed by atoms with Crippen molar-refractivity contribution in [3.05, 3.63) is 35.8 Å². The molecule has 0 fully saturated rings. The van der Waals surface area contributed by atoms with E-state index in [1.165, 1.54) is 12.1 Å². The maximum absolute atomic E-state index is 12.9. The second kappa shape index (κ2) is 4.47. The molecule has 0 atom stereocenters. The van der Waals surface area contributed by atoms with Gasteiger partial charge in [0.25, 0.3) is 0 Å². The predicted octanol–water partition coefficient (Wildman–Crippen LogP) is 3.48. The summed E-state index contributed by atoms with van der Waals surface area (Å²) in [6.45, 7) is 1.84. The average Bonchev–Trinajstić information content (AvgIpc) is 2.67. The van der Waals surface area contributed by atoms with E-state index in [0.29, 0.717) is 24.8 Å². The monoisotopic (exact) mass is 220 g/mol. The van der Waals surface area contributed by atoms with Crippen LogP contribution in [-0.4, -0.2) is 5.78 Å². The van der Waals surface area contributed by atoms with E-state index >= 15 is 0 Å². The summed E-state index contributed by atoms with van der Waals surface area (Å²) in [5.74, 6) is 0.679. The number of ketones is 1. The van der Waals surface area contributed by atoms with Crippen molar-refractivity contribution >= 4 is 16.8 Å². The topological polar surface area (TPSA) is 30.2 Å². The Balaban J connectivity index is 2.16. The molecule has 2 aromatic rings. The van der Waals surface area contributed by atoms with E-state index in [0.717, 1.165) is 11.1 Å². The fourth-order valence-corrected chi connectivity index (χ4v) is 1.63. The number of halogens is 1. The summed E-state index contributed by atoms with van der Waals surface area (Å²) in [5, 5.41) is 0.749. The van der Waals surface area contributed by atoms with E-state index in [2.05, 4.69) is 0 Å². The van der Waals surface area contributed by atoms with Crippen molar-refractivity contribution in [1.29, 1.82) is 0 Å². The van der Waals surface area contributed by atoms with E-state index in [1.54, 1.807) is 12.1 Å². The van der Waals surface area contributed by atoms with Gasteiger partial charge in [0.15, 0.2) is 0 Å². The van der Waals surface area contributed by atoms with Crippen LogP contribution in [0.3, 0.4) is 0 Å². The number of aryl methyl sites for hydroxylation is 1. The van der Waals surface area contributed by atoms with Gasteiger partial charge in [-0.3, -0.25) is 4.79 Å². The summed E-state index contributed by atoms with van der Waals surface area (Å²) in [4.78, 5) is 11.2. The Morgan fingerprint density at radius 3 is 2.94 bits per heavy atom. The molecule has 2 nitrogen and oxygen atoms in total. The van der Waals surface area contributed by atoms with Gasteiger partial charge in [-0.2, -0.15) is 0 Å². The lowest BCUT2D eigenvalue weighted by atomic mass is 10.1. The Morgan fingerprint density at radius 1 is 1.38 bits per heavy atom. The van der Waals surface area contributed by atoms with E-state index in [9.17, 15) is 9.18 Å². The first-order valence-electron chi connectivity index (χ1n) is 5.38. The number of benzene rings is 1. The molecule has 0 N–H and O–H groups in total. The number of hydrogen-bond donors (Lipinski definition) is 0. The quantitative estimate of drug-likeness (QED) is 0.789. The maximum atomic E-state index is 12.9. The Hall–Kier alpha value is -1.64. The van der Waals surface area contributed by atoms with Gasteiger partial charge in [-0.1, -0.05) is 6.92 Å². The standard InChI is InChI=1S/C13H13FO2/c1-2-11(15)4-5-12-8-9-7-10(14)3-6-13(9)16-12/h3,6-8H,2,4-5H2,1H3. The van der Waals surface area contributed by atoms with E-state index < -0.39 is 0 Å². The highest BCUT2D eigenvalue weighted by molar-refractivity contribution is 5.79.